The fourth-order valence-corrected chi connectivity index (χ4v) is 3.66. The van der Waals surface area contributed by atoms with Crippen LogP contribution in [0.25, 0.3) is 0 Å². The molecule has 1 aliphatic heterocycles. The molecule has 2 aromatic rings. The summed E-state index contributed by atoms with van der Waals surface area (Å²) in [7, 11) is 2.14. The molecule has 152 valence electrons. The molecule has 0 spiro atoms. The van der Waals surface area contributed by atoms with Crippen molar-refractivity contribution in [1.82, 2.24) is 0 Å². The van der Waals surface area contributed by atoms with E-state index in [-0.39, 0.29) is 18.4 Å². The van der Waals surface area contributed by atoms with E-state index in [4.69, 9.17) is 9.47 Å². The van der Waals surface area contributed by atoms with Crippen LogP contribution in [0.5, 0.6) is 11.5 Å². The third-order valence-corrected chi connectivity index (χ3v) is 6.31. The molecule has 1 aliphatic rings. The molecule has 2 aromatic carbocycles. The van der Waals surface area contributed by atoms with Gasteiger partial charge in [-0.15, -0.1) is 0 Å². The van der Waals surface area contributed by atoms with Gasteiger partial charge in [0.05, 0.1) is 19.1 Å². The minimum atomic E-state index is -0.899. The van der Waals surface area contributed by atoms with E-state index in [2.05, 4.69) is 34.7 Å². The molecule has 5 heteroatoms. The number of quaternary nitrogens is 1. The van der Waals surface area contributed by atoms with E-state index in [1.54, 1.807) is 0 Å². The smallest absolute Gasteiger partial charge is 0.325 e. The van der Waals surface area contributed by atoms with Gasteiger partial charge in [-0.3, -0.25) is 9.28 Å². The van der Waals surface area contributed by atoms with Gasteiger partial charge in [0.25, 0.3) is 0 Å². The van der Waals surface area contributed by atoms with Gasteiger partial charge in [0, 0.05) is 11.1 Å². The first-order valence-electron chi connectivity index (χ1n) is 9.60. The third kappa shape index (κ3) is 3.51. The Morgan fingerprint density at radius 2 is 1.39 bits per heavy atom. The second-order valence-electron chi connectivity index (χ2n) is 8.31. The lowest BCUT2D eigenvalue weighted by Gasteiger charge is -2.42. The molecule has 0 N–H and O–H groups in total. The highest BCUT2D eigenvalue weighted by atomic mass is 35.5. The molecule has 0 fully saturated rings. The first-order chi connectivity index (χ1) is 12.7. The number of benzene rings is 2. The van der Waals surface area contributed by atoms with Gasteiger partial charge in [-0.2, -0.15) is 0 Å². The molecule has 0 bridgehead atoms. The van der Waals surface area contributed by atoms with Crippen molar-refractivity contribution in [2.75, 3.05) is 13.8 Å². The molecule has 0 radical (unpaired) electrons. The summed E-state index contributed by atoms with van der Waals surface area (Å²) in [5.41, 5.74) is 0.790. The van der Waals surface area contributed by atoms with E-state index in [0.717, 1.165) is 11.1 Å². The van der Waals surface area contributed by atoms with Crippen molar-refractivity contribution in [3.63, 3.8) is 0 Å². The summed E-state index contributed by atoms with van der Waals surface area (Å²) < 4.78 is 12.7. The summed E-state index contributed by atoms with van der Waals surface area (Å²) in [6.07, 6.45) is 0. The van der Waals surface area contributed by atoms with Gasteiger partial charge in [0.15, 0.2) is 0 Å². The van der Waals surface area contributed by atoms with E-state index < -0.39 is 5.41 Å². The van der Waals surface area contributed by atoms with E-state index in [1.165, 1.54) is 0 Å². The molecule has 28 heavy (non-hydrogen) atoms. The molecule has 4 nitrogen and oxygen atoms in total. The summed E-state index contributed by atoms with van der Waals surface area (Å²) >= 11 is 0. The number of carbonyl (C=O) groups excluding carboxylic acids is 1. The van der Waals surface area contributed by atoms with Crippen LogP contribution in [-0.2, 0) is 14.9 Å². The molecule has 0 atom stereocenters. The molecule has 0 aliphatic carbocycles. The number of fused-ring (bicyclic) bond motifs is 2. The molecule has 0 saturated carbocycles. The largest absolute Gasteiger partial charge is 1.00 e. The van der Waals surface area contributed by atoms with Gasteiger partial charge in [-0.1, -0.05) is 36.4 Å². The average molecular weight is 404 g/mol. The number of nitrogens with zero attached hydrogens (tertiary/aromatic N) is 1. The zero-order chi connectivity index (χ0) is 19.8. The standard InChI is InChI=1S/C23H30NO3.ClH/c1-16(2)24(6,17(3)4)15-26-22(25)23(5)18-11-7-9-13-20(18)27-21-14-10-8-12-19(21)23;/h7-14,16-17H,15H2,1-6H3;1H/q+1;/p-1. The quantitative estimate of drug-likeness (QED) is 0.434. The fourth-order valence-electron chi connectivity index (χ4n) is 3.66. The van der Waals surface area contributed by atoms with E-state index in [1.807, 2.05) is 55.5 Å². The number of halogens is 1. The molecular weight excluding hydrogens is 374 g/mol. The van der Waals surface area contributed by atoms with Crippen LogP contribution in [0.2, 0.25) is 0 Å². The third-order valence-electron chi connectivity index (χ3n) is 6.31. The van der Waals surface area contributed by atoms with Crippen LogP contribution < -0.4 is 17.1 Å². The molecule has 0 unspecified atom stereocenters. The summed E-state index contributed by atoms with van der Waals surface area (Å²) in [5.74, 6) is 1.18. The van der Waals surface area contributed by atoms with Crippen LogP contribution in [0.3, 0.4) is 0 Å². The Morgan fingerprint density at radius 1 is 0.964 bits per heavy atom. The van der Waals surface area contributed by atoms with Crippen LogP contribution in [0.1, 0.15) is 45.7 Å². The monoisotopic (exact) mass is 403 g/mol. The molecular formula is C23H30ClNO3. The fraction of sp³-hybridized carbons (Fsp3) is 0.435. The van der Waals surface area contributed by atoms with E-state index >= 15 is 0 Å². The Morgan fingerprint density at radius 3 is 1.82 bits per heavy atom. The van der Waals surface area contributed by atoms with Crippen LogP contribution in [0.15, 0.2) is 48.5 Å². The summed E-state index contributed by atoms with van der Waals surface area (Å²) in [6, 6.07) is 16.1. The average Bonchev–Trinajstić information content (AvgIpc) is 2.65. The molecule has 1 heterocycles. The number of ether oxygens (including phenoxy) is 2. The number of hydrogen-bond donors (Lipinski definition) is 0. The van der Waals surface area contributed by atoms with Crippen LogP contribution >= 0.6 is 0 Å². The highest BCUT2D eigenvalue weighted by Crippen LogP contribution is 2.48. The van der Waals surface area contributed by atoms with Gasteiger partial charge >= 0.3 is 5.97 Å². The van der Waals surface area contributed by atoms with Crippen molar-refractivity contribution in [1.29, 1.82) is 0 Å². The number of esters is 1. The number of rotatable bonds is 5. The maximum absolute atomic E-state index is 13.4. The predicted octanol–water partition coefficient (Wildman–Crippen LogP) is 1.87. The SMILES string of the molecule is CC(C)[N+](C)(COC(=O)C1(C)c2ccccc2Oc2ccccc21)C(C)C.[Cl-]. The van der Waals surface area contributed by atoms with E-state index in [9.17, 15) is 4.79 Å². The normalized spacial score (nSPS) is 14.6. The Bertz CT molecular complexity index is 794. The zero-order valence-corrected chi connectivity index (χ0v) is 18.3. The minimum Gasteiger partial charge on any atom is -1.00 e. The Hall–Kier alpha value is -2.04. The van der Waals surface area contributed by atoms with Crippen molar-refractivity contribution in [2.24, 2.45) is 0 Å². The van der Waals surface area contributed by atoms with Crippen molar-refractivity contribution in [3.05, 3.63) is 59.7 Å². The predicted molar refractivity (Wildman–Crippen MR) is 107 cm³/mol. The second kappa shape index (κ2) is 8.14. The molecule has 3 rings (SSSR count). The molecule has 0 aromatic heterocycles. The maximum Gasteiger partial charge on any atom is 0.325 e. The van der Waals surface area contributed by atoms with Gasteiger partial charge in [-0.05, 0) is 46.8 Å². The summed E-state index contributed by atoms with van der Waals surface area (Å²) in [4.78, 5) is 13.4. The van der Waals surface area contributed by atoms with Gasteiger partial charge in [0.2, 0.25) is 6.73 Å². The van der Waals surface area contributed by atoms with Crippen LogP contribution in [-0.4, -0.2) is 36.3 Å². The second-order valence-corrected chi connectivity index (χ2v) is 8.31. The highest BCUT2D eigenvalue weighted by molar-refractivity contribution is 5.90. The summed E-state index contributed by atoms with van der Waals surface area (Å²) in [5, 5.41) is 0. The van der Waals surface area contributed by atoms with Crippen molar-refractivity contribution >= 4 is 5.97 Å². The minimum absolute atomic E-state index is 0. The first kappa shape index (κ1) is 22.3. The Kier molecular flexibility index (Phi) is 6.47. The van der Waals surface area contributed by atoms with Crippen LogP contribution in [0, 0.1) is 0 Å². The van der Waals surface area contributed by atoms with Crippen molar-refractivity contribution in [3.8, 4) is 11.5 Å². The van der Waals surface area contributed by atoms with Gasteiger partial charge < -0.3 is 21.9 Å². The zero-order valence-electron chi connectivity index (χ0n) is 17.5. The number of hydrogen-bond acceptors (Lipinski definition) is 3. The van der Waals surface area contributed by atoms with Crippen LogP contribution in [0.4, 0.5) is 0 Å². The Balaban J connectivity index is 0.00000280. The lowest BCUT2D eigenvalue weighted by Crippen LogP contribution is -3.00. The first-order valence-corrected chi connectivity index (χ1v) is 9.60. The lowest BCUT2D eigenvalue weighted by atomic mass is 9.74. The molecule has 0 saturated heterocycles. The molecule has 0 amide bonds. The lowest BCUT2D eigenvalue weighted by molar-refractivity contribution is -0.964. The maximum atomic E-state index is 13.4. The summed E-state index contributed by atoms with van der Waals surface area (Å²) in [6.45, 7) is 10.9. The Labute approximate surface area is 174 Å². The van der Waals surface area contributed by atoms with E-state index in [0.29, 0.717) is 34.8 Å². The topological polar surface area (TPSA) is 35.5 Å². The van der Waals surface area contributed by atoms with Gasteiger partial charge in [-0.25, -0.2) is 0 Å². The highest BCUT2D eigenvalue weighted by Gasteiger charge is 2.46. The number of carbonyl (C=O) groups is 1. The van der Waals surface area contributed by atoms with Crippen molar-refractivity contribution in [2.45, 2.75) is 52.1 Å². The number of para-hydroxylation sites is 2. The van der Waals surface area contributed by atoms with Crippen molar-refractivity contribution < 1.29 is 31.2 Å². The van der Waals surface area contributed by atoms with Gasteiger partial charge in [0.1, 0.15) is 16.9 Å².